The lowest BCUT2D eigenvalue weighted by Crippen LogP contribution is -2.12. The van der Waals surface area contributed by atoms with Gasteiger partial charge in [0, 0.05) is 22.1 Å². The molecule has 3 rings (SSSR count). The Morgan fingerprint density at radius 3 is 2.48 bits per heavy atom. The predicted molar refractivity (Wildman–Crippen MR) is 86.4 cm³/mol. The largest absolute Gasteiger partial charge is 0.440 e. The van der Waals surface area contributed by atoms with Crippen molar-refractivity contribution in [1.29, 1.82) is 0 Å². The van der Waals surface area contributed by atoms with E-state index >= 15 is 0 Å². The van der Waals surface area contributed by atoms with Crippen molar-refractivity contribution in [2.24, 2.45) is 0 Å². The Morgan fingerprint density at radius 1 is 1.14 bits per heavy atom. The van der Waals surface area contributed by atoms with E-state index in [-0.39, 0.29) is 5.41 Å². The summed E-state index contributed by atoms with van der Waals surface area (Å²) in [6, 6.07) is 7.38. The number of benzene rings is 1. The van der Waals surface area contributed by atoms with Crippen molar-refractivity contribution in [2.75, 3.05) is 0 Å². The maximum atomic E-state index is 6.38. The van der Waals surface area contributed by atoms with Crippen molar-refractivity contribution in [2.45, 2.75) is 33.1 Å². The molecule has 0 saturated heterocycles. The van der Waals surface area contributed by atoms with Gasteiger partial charge in [-0.15, -0.1) is 0 Å². The molecule has 3 nitrogen and oxygen atoms in total. The molecule has 0 N–H and O–H groups in total. The topological polar surface area (TPSA) is 30.4 Å². The molecule has 21 heavy (non-hydrogen) atoms. The number of oxazole rings is 1. The zero-order valence-electron chi connectivity index (χ0n) is 12.4. The van der Waals surface area contributed by atoms with E-state index < -0.39 is 0 Å². The molecular weight excluding hydrogens is 307 g/mol. The highest BCUT2D eigenvalue weighted by molar-refractivity contribution is 6.36. The summed E-state index contributed by atoms with van der Waals surface area (Å²) < 4.78 is 7.84. The van der Waals surface area contributed by atoms with E-state index in [9.17, 15) is 0 Å². The Balaban J connectivity index is 2.37. The van der Waals surface area contributed by atoms with Crippen LogP contribution in [0.1, 0.15) is 32.2 Å². The Labute approximate surface area is 133 Å². The fraction of sp³-hybridized carbons (Fsp3) is 0.312. The standard InChI is InChI=1S/C16H16Cl2N2O/c1-9-7-13-20(19-9)14(15(21-13)16(2,3)4)11-6-5-10(17)8-12(11)18/h5-8H,1-4H3. The molecule has 0 aliphatic heterocycles. The van der Waals surface area contributed by atoms with Crippen LogP contribution in [0, 0.1) is 6.92 Å². The highest BCUT2D eigenvalue weighted by atomic mass is 35.5. The highest BCUT2D eigenvalue weighted by Gasteiger charge is 2.28. The van der Waals surface area contributed by atoms with E-state index in [4.69, 9.17) is 27.6 Å². The Hall–Kier alpha value is -1.45. The van der Waals surface area contributed by atoms with Crippen LogP contribution in [0.5, 0.6) is 0 Å². The van der Waals surface area contributed by atoms with Gasteiger partial charge in [-0.05, 0) is 25.1 Å². The van der Waals surface area contributed by atoms with E-state index in [0.717, 1.165) is 28.4 Å². The van der Waals surface area contributed by atoms with E-state index in [2.05, 4.69) is 25.9 Å². The van der Waals surface area contributed by atoms with Gasteiger partial charge in [-0.1, -0.05) is 44.0 Å². The van der Waals surface area contributed by atoms with Gasteiger partial charge in [0.1, 0.15) is 11.5 Å². The summed E-state index contributed by atoms with van der Waals surface area (Å²) in [7, 11) is 0. The monoisotopic (exact) mass is 322 g/mol. The molecule has 0 bridgehead atoms. The SMILES string of the molecule is Cc1cc2oc(C(C)(C)C)c(-c3ccc(Cl)cc3Cl)n2n1. The van der Waals surface area contributed by atoms with Crippen molar-refractivity contribution in [3.05, 3.63) is 45.8 Å². The van der Waals surface area contributed by atoms with Crippen molar-refractivity contribution < 1.29 is 4.42 Å². The summed E-state index contributed by atoms with van der Waals surface area (Å²) in [5.41, 5.74) is 3.21. The molecule has 3 aromatic rings. The van der Waals surface area contributed by atoms with Crippen LogP contribution in [-0.4, -0.2) is 9.61 Å². The third-order valence-corrected chi connectivity index (χ3v) is 3.85. The maximum Gasteiger partial charge on any atom is 0.222 e. The molecule has 0 aliphatic carbocycles. The molecule has 1 aromatic carbocycles. The minimum atomic E-state index is -0.160. The minimum absolute atomic E-state index is 0.160. The van der Waals surface area contributed by atoms with Gasteiger partial charge < -0.3 is 4.42 Å². The first-order chi connectivity index (χ1) is 9.77. The van der Waals surface area contributed by atoms with Gasteiger partial charge in [-0.3, -0.25) is 0 Å². The average Bonchev–Trinajstić information content (AvgIpc) is 2.85. The third-order valence-electron chi connectivity index (χ3n) is 3.30. The van der Waals surface area contributed by atoms with Crippen LogP contribution in [0.4, 0.5) is 0 Å². The number of hydrogen-bond donors (Lipinski definition) is 0. The summed E-state index contributed by atoms with van der Waals surface area (Å²) in [6.45, 7) is 8.24. The van der Waals surface area contributed by atoms with Crippen LogP contribution in [0.25, 0.3) is 17.0 Å². The van der Waals surface area contributed by atoms with Crippen LogP contribution >= 0.6 is 23.2 Å². The number of hydrogen-bond acceptors (Lipinski definition) is 2. The maximum absolute atomic E-state index is 6.38. The van der Waals surface area contributed by atoms with Crippen molar-refractivity contribution >= 4 is 28.9 Å². The van der Waals surface area contributed by atoms with Gasteiger partial charge in [0.15, 0.2) is 0 Å². The van der Waals surface area contributed by atoms with Crippen LogP contribution in [0.15, 0.2) is 28.7 Å². The highest BCUT2D eigenvalue weighted by Crippen LogP contribution is 2.39. The molecule has 2 heterocycles. The first-order valence-electron chi connectivity index (χ1n) is 6.72. The molecule has 0 atom stereocenters. The van der Waals surface area contributed by atoms with Gasteiger partial charge in [-0.25, -0.2) is 0 Å². The Bertz CT molecular complexity index is 825. The summed E-state index contributed by atoms with van der Waals surface area (Å²) in [5, 5.41) is 5.71. The number of fused-ring (bicyclic) bond motifs is 1. The number of rotatable bonds is 1. The van der Waals surface area contributed by atoms with Gasteiger partial charge in [-0.2, -0.15) is 9.61 Å². The zero-order chi connectivity index (χ0) is 15.4. The second-order valence-corrected chi connectivity index (χ2v) is 7.03. The molecule has 0 amide bonds. The lowest BCUT2D eigenvalue weighted by molar-refractivity contribution is 0.431. The van der Waals surface area contributed by atoms with Gasteiger partial charge in [0.25, 0.3) is 0 Å². The molecule has 5 heteroatoms. The molecular formula is C16H16Cl2N2O. The Morgan fingerprint density at radius 2 is 1.86 bits per heavy atom. The second-order valence-electron chi connectivity index (χ2n) is 6.19. The van der Waals surface area contributed by atoms with Crippen LogP contribution < -0.4 is 0 Å². The summed E-state index contributed by atoms with van der Waals surface area (Å²) >= 11 is 12.4. The van der Waals surface area contributed by atoms with E-state index in [1.165, 1.54) is 0 Å². The van der Waals surface area contributed by atoms with Gasteiger partial charge >= 0.3 is 0 Å². The van der Waals surface area contributed by atoms with Gasteiger partial charge in [0.05, 0.1) is 10.7 Å². The number of aryl methyl sites for hydroxylation is 1. The summed E-state index contributed by atoms with van der Waals surface area (Å²) in [5.74, 6) is 0.856. The fourth-order valence-corrected chi connectivity index (χ4v) is 2.88. The van der Waals surface area contributed by atoms with Gasteiger partial charge in [0.2, 0.25) is 5.71 Å². The first-order valence-corrected chi connectivity index (χ1v) is 7.48. The molecule has 110 valence electrons. The minimum Gasteiger partial charge on any atom is -0.440 e. The molecule has 0 aliphatic rings. The molecule has 0 saturated carbocycles. The Kier molecular flexibility index (Phi) is 3.30. The summed E-state index contributed by atoms with van der Waals surface area (Å²) in [6.07, 6.45) is 0. The van der Waals surface area contributed by atoms with Crippen LogP contribution in [0.2, 0.25) is 10.0 Å². The lowest BCUT2D eigenvalue weighted by atomic mass is 9.90. The molecule has 0 unspecified atom stereocenters. The predicted octanol–water partition coefficient (Wildman–Crippen LogP) is 5.51. The second kappa shape index (κ2) is 4.79. The van der Waals surface area contributed by atoms with E-state index in [0.29, 0.717) is 10.0 Å². The quantitative estimate of drug-likeness (QED) is 0.591. The smallest absolute Gasteiger partial charge is 0.222 e. The average molecular weight is 323 g/mol. The fourth-order valence-electron chi connectivity index (χ4n) is 2.38. The summed E-state index contributed by atoms with van der Waals surface area (Å²) in [4.78, 5) is 0. The first kappa shape index (κ1) is 14.5. The van der Waals surface area contributed by atoms with Crippen molar-refractivity contribution in [3.8, 4) is 11.3 Å². The van der Waals surface area contributed by atoms with Crippen LogP contribution in [-0.2, 0) is 5.41 Å². The number of halogens is 2. The van der Waals surface area contributed by atoms with Crippen molar-refractivity contribution in [3.63, 3.8) is 0 Å². The molecule has 0 radical (unpaired) electrons. The number of aromatic nitrogens is 2. The normalized spacial score (nSPS) is 12.3. The van der Waals surface area contributed by atoms with Crippen LogP contribution in [0.3, 0.4) is 0 Å². The molecule has 2 aromatic heterocycles. The van der Waals surface area contributed by atoms with E-state index in [1.54, 1.807) is 6.07 Å². The van der Waals surface area contributed by atoms with Crippen molar-refractivity contribution in [1.82, 2.24) is 9.61 Å². The zero-order valence-corrected chi connectivity index (χ0v) is 13.9. The number of nitrogens with zero attached hydrogens (tertiary/aromatic N) is 2. The lowest BCUT2D eigenvalue weighted by Gasteiger charge is -2.17. The molecule has 0 fully saturated rings. The molecule has 0 spiro atoms. The third kappa shape index (κ3) is 2.45. The van der Waals surface area contributed by atoms with E-state index in [1.807, 2.05) is 29.6 Å².